The Kier molecular flexibility index (Phi) is 8.05. The molecule has 1 aliphatic heterocycles. The van der Waals surface area contributed by atoms with Crippen molar-refractivity contribution < 1.29 is 9.59 Å². The number of fused-ring (bicyclic) bond motifs is 1. The summed E-state index contributed by atoms with van der Waals surface area (Å²) in [5.74, 6) is 1.92. The van der Waals surface area contributed by atoms with Crippen LogP contribution in [0.2, 0.25) is 0 Å². The molecule has 2 fully saturated rings. The normalized spacial score (nSPS) is 24.5. The maximum atomic E-state index is 13.2. The number of hydrogen-bond donors (Lipinski definition) is 0. The monoisotopic (exact) mass is 479 g/mol. The van der Waals surface area contributed by atoms with E-state index in [1.54, 1.807) is 0 Å². The van der Waals surface area contributed by atoms with Gasteiger partial charge in [0.05, 0.1) is 5.92 Å². The van der Waals surface area contributed by atoms with Gasteiger partial charge in [0.15, 0.2) is 0 Å². The van der Waals surface area contributed by atoms with Crippen LogP contribution in [0.15, 0.2) is 42.0 Å². The highest BCUT2D eigenvalue weighted by Gasteiger charge is 2.51. The second kappa shape index (κ2) is 10.9. The lowest BCUT2D eigenvalue weighted by molar-refractivity contribution is -0.135. The van der Waals surface area contributed by atoms with E-state index in [4.69, 9.17) is 0 Å². The molecule has 2 amide bonds. The molecule has 5 rings (SSSR count). The standard InChI is InChI=1S/C30H45N3O2/c1-6-26(23-10-8-7-9-11-23)29(35)32-17-14-31(15-18-32)16-19-33(28(34)22(2)3)21-24-12-13-25-20-27(24)30(25,4)5/h7-12,22,25-27H,6,13-21H2,1-5H3. The van der Waals surface area contributed by atoms with Gasteiger partial charge in [-0.25, -0.2) is 0 Å². The minimum Gasteiger partial charge on any atom is -0.340 e. The predicted molar refractivity (Wildman–Crippen MR) is 142 cm³/mol. The fourth-order valence-corrected chi connectivity index (χ4v) is 6.42. The summed E-state index contributed by atoms with van der Waals surface area (Å²) in [5, 5.41) is 0. The number of hydrogen-bond acceptors (Lipinski definition) is 3. The molecule has 0 aromatic heterocycles. The highest BCUT2D eigenvalue weighted by atomic mass is 16.2. The molecule has 1 saturated carbocycles. The first kappa shape index (κ1) is 25.9. The summed E-state index contributed by atoms with van der Waals surface area (Å²) in [6, 6.07) is 10.2. The Bertz CT molecular complexity index is 915. The summed E-state index contributed by atoms with van der Waals surface area (Å²) in [6.07, 6.45) is 5.70. The molecule has 2 bridgehead atoms. The van der Waals surface area contributed by atoms with Crippen LogP contribution in [0.1, 0.15) is 65.4 Å². The first-order chi connectivity index (χ1) is 16.7. The van der Waals surface area contributed by atoms with Crippen molar-refractivity contribution in [2.45, 2.75) is 59.8 Å². The van der Waals surface area contributed by atoms with Gasteiger partial charge in [0.25, 0.3) is 0 Å². The molecule has 0 N–H and O–H groups in total. The van der Waals surface area contributed by atoms with Gasteiger partial charge in [-0.2, -0.15) is 0 Å². The lowest BCUT2D eigenvalue weighted by atomic mass is 9.49. The lowest BCUT2D eigenvalue weighted by Crippen LogP contribution is -2.53. The second-order valence-electron chi connectivity index (χ2n) is 11.8. The largest absolute Gasteiger partial charge is 0.340 e. The molecule has 4 aliphatic rings. The van der Waals surface area contributed by atoms with Crippen molar-refractivity contribution in [3.8, 4) is 0 Å². The van der Waals surface area contributed by atoms with E-state index < -0.39 is 0 Å². The highest BCUT2D eigenvalue weighted by Crippen LogP contribution is 2.59. The number of benzene rings is 1. The Morgan fingerprint density at radius 2 is 1.77 bits per heavy atom. The van der Waals surface area contributed by atoms with Gasteiger partial charge >= 0.3 is 0 Å². The first-order valence-electron chi connectivity index (χ1n) is 13.8. The summed E-state index contributed by atoms with van der Waals surface area (Å²) >= 11 is 0. The van der Waals surface area contributed by atoms with Gasteiger partial charge in [0.1, 0.15) is 0 Å². The highest BCUT2D eigenvalue weighted by molar-refractivity contribution is 5.83. The number of carbonyl (C=O) groups is 2. The van der Waals surface area contributed by atoms with E-state index in [9.17, 15) is 9.59 Å². The second-order valence-corrected chi connectivity index (χ2v) is 11.8. The van der Waals surface area contributed by atoms with E-state index >= 15 is 0 Å². The SMILES string of the molecule is CCC(C(=O)N1CCN(CCN(CC2=CCC3CC2C3(C)C)C(=O)C(C)C)CC1)c1ccccc1. The third-order valence-electron chi connectivity index (χ3n) is 9.04. The maximum absolute atomic E-state index is 13.2. The number of carbonyl (C=O) groups excluding carboxylic acids is 2. The van der Waals surface area contributed by atoms with Crippen LogP contribution in [0.5, 0.6) is 0 Å². The molecule has 1 heterocycles. The molecule has 3 atom stereocenters. The van der Waals surface area contributed by atoms with Crippen molar-refractivity contribution in [1.82, 2.24) is 14.7 Å². The number of piperazine rings is 1. The van der Waals surface area contributed by atoms with Gasteiger partial charge in [0.2, 0.25) is 11.8 Å². The third-order valence-corrected chi connectivity index (χ3v) is 9.04. The lowest BCUT2D eigenvalue weighted by Gasteiger charge is -2.57. The Balaban J connectivity index is 1.30. The average Bonchev–Trinajstić information content (AvgIpc) is 2.87. The van der Waals surface area contributed by atoms with Gasteiger partial charge < -0.3 is 9.80 Å². The Morgan fingerprint density at radius 3 is 2.34 bits per heavy atom. The molecular weight excluding hydrogens is 434 g/mol. The van der Waals surface area contributed by atoms with Crippen LogP contribution in [0.3, 0.4) is 0 Å². The molecule has 1 aromatic rings. The number of rotatable bonds is 9. The van der Waals surface area contributed by atoms with Gasteiger partial charge in [-0.1, -0.05) is 76.6 Å². The number of nitrogens with zero attached hydrogens (tertiary/aromatic N) is 3. The quantitative estimate of drug-likeness (QED) is 0.478. The van der Waals surface area contributed by atoms with Crippen molar-refractivity contribution in [3.05, 3.63) is 47.5 Å². The summed E-state index contributed by atoms with van der Waals surface area (Å²) < 4.78 is 0. The first-order valence-corrected chi connectivity index (χ1v) is 13.8. The van der Waals surface area contributed by atoms with E-state index in [0.717, 1.165) is 63.7 Å². The van der Waals surface area contributed by atoms with Crippen LogP contribution in [0.4, 0.5) is 0 Å². The maximum Gasteiger partial charge on any atom is 0.230 e. The zero-order chi connectivity index (χ0) is 25.2. The molecule has 1 saturated heterocycles. The van der Waals surface area contributed by atoms with Crippen LogP contribution >= 0.6 is 0 Å². The van der Waals surface area contributed by atoms with Crippen LogP contribution < -0.4 is 0 Å². The Labute approximate surface area is 212 Å². The van der Waals surface area contributed by atoms with E-state index in [2.05, 4.69) is 48.8 Å². The van der Waals surface area contributed by atoms with E-state index in [1.807, 2.05) is 36.9 Å². The summed E-state index contributed by atoms with van der Waals surface area (Å²) in [6.45, 7) is 16.6. The van der Waals surface area contributed by atoms with Crippen LogP contribution in [0.25, 0.3) is 0 Å². The smallest absolute Gasteiger partial charge is 0.230 e. The molecule has 5 nitrogen and oxygen atoms in total. The van der Waals surface area contributed by atoms with Gasteiger partial charge in [0, 0.05) is 51.7 Å². The summed E-state index contributed by atoms with van der Waals surface area (Å²) in [5.41, 5.74) is 2.98. The van der Waals surface area contributed by atoms with Gasteiger partial charge in [-0.3, -0.25) is 14.5 Å². The van der Waals surface area contributed by atoms with E-state index in [1.165, 1.54) is 18.4 Å². The minimum absolute atomic E-state index is 0.0137. The minimum atomic E-state index is -0.0546. The van der Waals surface area contributed by atoms with Crippen LogP contribution in [-0.2, 0) is 9.59 Å². The van der Waals surface area contributed by atoms with E-state index in [-0.39, 0.29) is 23.7 Å². The predicted octanol–water partition coefficient (Wildman–Crippen LogP) is 4.80. The fourth-order valence-electron chi connectivity index (χ4n) is 6.42. The average molecular weight is 480 g/mol. The molecular formula is C30H45N3O2. The van der Waals surface area contributed by atoms with Crippen molar-refractivity contribution in [2.24, 2.45) is 23.2 Å². The Morgan fingerprint density at radius 1 is 1.09 bits per heavy atom. The summed E-state index contributed by atoms with van der Waals surface area (Å²) in [4.78, 5) is 32.9. The topological polar surface area (TPSA) is 43.9 Å². The molecule has 192 valence electrons. The third kappa shape index (κ3) is 5.50. The Hall–Kier alpha value is -2.14. The summed E-state index contributed by atoms with van der Waals surface area (Å²) in [7, 11) is 0. The van der Waals surface area contributed by atoms with Crippen molar-refractivity contribution in [1.29, 1.82) is 0 Å². The zero-order valence-corrected chi connectivity index (χ0v) is 22.5. The fraction of sp³-hybridized carbons (Fsp3) is 0.667. The molecule has 5 heteroatoms. The molecule has 0 spiro atoms. The van der Waals surface area contributed by atoms with Crippen LogP contribution in [0, 0.1) is 23.2 Å². The zero-order valence-electron chi connectivity index (χ0n) is 22.5. The van der Waals surface area contributed by atoms with Crippen LogP contribution in [-0.4, -0.2) is 72.3 Å². The number of allylic oxidation sites excluding steroid dienone is 1. The van der Waals surface area contributed by atoms with E-state index in [0.29, 0.717) is 11.3 Å². The number of amides is 2. The molecule has 3 aliphatic carbocycles. The molecule has 1 aromatic carbocycles. The molecule has 35 heavy (non-hydrogen) atoms. The van der Waals surface area contributed by atoms with Crippen molar-refractivity contribution in [2.75, 3.05) is 45.8 Å². The molecule has 3 unspecified atom stereocenters. The molecule has 0 radical (unpaired) electrons. The van der Waals surface area contributed by atoms with Gasteiger partial charge in [-0.05, 0) is 42.1 Å². The van der Waals surface area contributed by atoms with Crippen molar-refractivity contribution in [3.63, 3.8) is 0 Å². The van der Waals surface area contributed by atoms with Gasteiger partial charge in [-0.15, -0.1) is 0 Å². The van der Waals surface area contributed by atoms with Crippen molar-refractivity contribution >= 4 is 11.8 Å².